The SMILES string of the molecule is CC1=CCC(N2CCNC2)C=C1C. The zero-order valence-corrected chi connectivity index (χ0v) is 8.51. The van der Waals surface area contributed by atoms with E-state index < -0.39 is 0 Å². The smallest absolute Gasteiger partial charge is 0.0487 e. The molecule has 0 aromatic heterocycles. The average molecular weight is 178 g/mol. The summed E-state index contributed by atoms with van der Waals surface area (Å²) in [6.45, 7) is 7.81. The van der Waals surface area contributed by atoms with Crippen molar-refractivity contribution in [2.75, 3.05) is 19.8 Å². The Morgan fingerprint density at radius 1 is 1.38 bits per heavy atom. The topological polar surface area (TPSA) is 15.3 Å². The molecule has 1 atom stereocenters. The third-order valence-electron chi connectivity index (χ3n) is 3.09. The quantitative estimate of drug-likeness (QED) is 0.655. The number of hydrogen-bond donors (Lipinski definition) is 1. The molecule has 2 aliphatic rings. The van der Waals surface area contributed by atoms with Crippen LogP contribution in [0.4, 0.5) is 0 Å². The number of nitrogens with zero attached hydrogens (tertiary/aromatic N) is 1. The molecule has 72 valence electrons. The van der Waals surface area contributed by atoms with E-state index in [0.29, 0.717) is 6.04 Å². The van der Waals surface area contributed by atoms with Crippen LogP contribution in [0.5, 0.6) is 0 Å². The minimum atomic E-state index is 0.638. The number of nitrogens with one attached hydrogen (secondary N) is 1. The summed E-state index contributed by atoms with van der Waals surface area (Å²) in [5.74, 6) is 0. The highest BCUT2D eigenvalue weighted by Gasteiger charge is 2.20. The Morgan fingerprint density at radius 3 is 2.85 bits per heavy atom. The van der Waals surface area contributed by atoms with E-state index >= 15 is 0 Å². The molecule has 1 unspecified atom stereocenters. The lowest BCUT2D eigenvalue weighted by Crippen LogP contribution is -2.33. The van der Waals surface area contributed by atoms with Gasteiger partial charge in [0.15, 0.2) is 0 Å². The van der Waals surface area contributed by atoms with E-state index in [2.05, 4.69) is 36.2 Å². The predicted molar refractivity (Wildman–Crippen MR) is 55.5 cm³/mol. The first-order valence-electron chi connectivity index (χ1n) is 5.07. The molecule has 0 saturated carbocycles. The monoisotopic (exact) mass is 178 g/mol. The molecule has 1 heterocycles. The van der Waals surface area contributed by atoms with Gasteiger partial charge in [-0.3, -0.25) is 4.90 Å². The van der Waals surface area contributed by atoms with Crippen LogP contribution < -0.4 is 5.32 Å². The Balaban J connectivity index is 2.03. The number of hydrogen-bond acceptors (Lipinski definition) is 2. The van der Waals surface area contributed by atoms with Crippen molar-refractivity contribution in [1.82, 2.24) is 10.2 Å². The highest BCUT2D eigenvalue weighted by Crippen LogP contribution is 2.21. The van der Waals surface area contributed by atoms with Gasteiger partial charge in [-0.1, -0.05) is 23.3 Å². The minimum absolute atomic E-state index is 0.638. The molecule has 2 heteroatoms. The van der Waals surface area contributed by atoms with Crippen molar-refractivity contribution in [3.63, 3.8) is 0 Å². The maximum atomic E-state index is 3.37. The van der Waals surface area contributed by atoms with Crippen molar-refractivity contribution in [2.24, 2.45) is 0 Å². The Morgan fingerprint density at radius 2 is 2.23 bits per heavy atom. The standard InChI is InChI=1S/C11H18N2/c1-9-3-4-11(7-10(9)2)13-6-5-12-8-13/h3,7,11-12H,4-6,8H2,1-2H3. The maximum Gasteiger partial charge on any atom is 0.0487 e. The van der Waals surface area contributed by atoms with Gasteiger partial charge in [-0.15, -0.1) is 0 Å². The lowest BCUT2D eigenvalue weighted by molar-refractivity contribution is 0.279. The molecule has 1 aliphatic heterocycles. The Kier molecular flexibility index (Phi) is 2.51. The largest absolute Gasteiger partial charge is 0.303 e. The van der Waals surface area contributed by atoms with Gasteiger partial charge in [0.25, 0.3) is 0 Å². The molecular formula is C11H18N2. The van der Waals surface area contributed by atoms with Crippen molar-refractivity contribution in [3.05, 3.63) is 23.3 Å². The number of allylic oxidation sites excluding steroid dienone is 2. The van der Waals surface area contributed by atoms with E-state index in [0.717, 1.165) is 13.2 Å². The molecule has 0 amide bonds. The van der Waals surface area contributed by atoms with E-state index in [1.165, 1.54) is 24.1 Å². The molecule has 2 nitrogen and oxygen atoms in total. The zero-order chi connectivity index (χ0) is 9.26. The van der Waals surface area contributed by atoms with Gasteiger partial charge in [0, 0.05) is 25.8 Å². The van der Waals surface area contributed by atoms with E-state index in [-0.39, 0.29) is 0 Å². The Labute approximate surface area is 80.3 Å². The van der Waals surface area contributed by atoms with Gasteiger partial charge in [-0.2, -0.15) is 0 Å². The van der Waals surface area contributed by atoms with Gasteiger partial charge < -0.3 is 5.32 Å². The molecule has 0 aromatic rings. The summed E-state index contributed by atoms with van der Waals surface area (Å²) in [5, 5.41) is 3.37. The molecule has 0 spiro atoms. The highest BCUT2D eigenvalue weighted by molar-refractivity contribution is 5.32. The fourth-order valence-corrected chi connectivity index (χ4v) is 2.01. The molecule has 1 aliphatic carbocycles. The maximum absolute atomic E-state index is 3.37. The highest BCUT2D eigenvalue weighted by atomic mass is 15.3. The summed E-state index contributed by atoms with van der Waals surface area (Å²) in [4.78, 5) is 2.51. The van der Waals surface area contributed by atoms with Gasteiger partial charge in [-0.25, -0.2) is 0 Å². The van der Waals surface area contributed by atoms with Crippen LogP contribution in [0.2, 0.25) is 0 Å². The van der Waals surface area contributed by atoms with Crippen molar-refractivity contribution in [3.8, 4) is 0 Å². The molecule has 1 saturated heterocycles. The second kappa shape index (κ2) is 3.64. The summed E-state index contributed by atoms with van der Waals surface area (Å²) in [5.41, 5.74) is 2.89. The van der Waals surface area contributed by atoms with Crippen LogP contribution in [0, 0.1) is 0 Å². The van der Waals surface area contributed by atoms with Crippen LogP contribution in [0.1, 0.15) is 20.3 Å². The Hall–Kier alpha value is -0.600. The Bertz CT molecular complexity index is 247. The molecule has 0 aromatic carbocycles. The van der Waals surface area contributed by atoms with Crippen LogP contribution >= 0.6 is 0 Å². The lowest BCUT2D eigenvalue weighted by Gasteiger charge is -2.26. The third-order valence-corrected chi connectivity index (χ3v) is 3.09. The normalized spacial score (nSPS) is 30.2. The first-order valence-corrected chi connectivity index (χ1v) is 5.07. The molecule has 0 radical (unpaired) electrons. The summed E-state index contributed by atoms with van der Waals surface area (Å²) < 4.78 is 0. The van der Waals surface area contributed by atoms with Crippen LogP contribution in [-0.4, -0.2) is 30.7 Å². The minimum Gasteiger partial charge on any atom is -0.303 e. The molecule has 2 rings (SSSR count). The second-order valence-electron chi connectivity index (χ2n) is 4.01. The van der Waals surface area contributed by atoms with E-state index in [9.17, 15) is 0 Å². The first-order chi connectivity index (χ1) is 6.27. The van der Waals surface area contributed by atoms with Crippen LogP contribution in [0.15, 0.2) is 23.3 Å². The fraction of sp³-hybridized carbons (Fsp3) is 0.636. The molecule has 13 heavy (non-hydrogen) atoms. The lowest BCUT2D eigenvalue weighted by atomic mass is 9.96. The zero-order valence-electron chi connectivity index (χ0n) is 8.51. The molecule has 1 fully saturated rings. The van der Waals surface area contributed by atoms with E-state index in [1.807, 2.05) is 0 Å². The van der Waals surface area contributed by atoms with Gasteiger partial charge in [0.2, 0.25) is 0 Å². The van der Waals surface area contributed by atoms with Crippen molar-refractivity contribution < 1.29 is 0 Å². The van der Waals surface area contributed by atoms with Crippen molar-refractivity contribution in [1.29, 1.82) is 0 Å². The van der Waals surface area contributed by atoms with E-state index in [1.54, 1.807) is 0 Å². The first kappa shape index (κ1) is 8.97. The van der Waals surface area contributed by atoms with Gasteiger partial charge in [-0.05, 0) is 20.3 Å². The summed E-state index contributed by atoms with van der Waals surface area (Å²) >= 11 is 0. The number of rotatable bonds is 1. The second-order valence-corrected chi connectivity index (χ2v) is 4.01. The van der Waals surface area contributed by atoms with Gasteiger partial charge in [0.1, 0.15) is 0 Å². The van der Waals surface area contributed by atoms with Gasteiger partial charge in [0.05, 0.1) is 0 Å². The molecular weight excluding hydrogens is 160 g/mol. The third kappa shape index (κ3) is 1.84. The van der Waals surface area contributed by atoms with Crippen LogP contribution in [0.3, 0.4) is 0 Å². The van der Waals surface area contributed by atoms with Crippen LogP contribution in [-0.2, 0) is 0 Å². The molecule has 1 N–H and O–H groups in total. The fourth-order valence-electron chi connectivity index (χ4n) is 2.01. The summed E-state index contributed by atoms with van der Waals surface area (Å²) in [7, 11) is 0. The van der Waals surface area contributed by atoms with Crippen molar-refractivity contribution in [2.45, 2.75) is 26.3 Å². The summed E-state index contributed by atoms with van der Waals surface area (Å²) in [6, 6.07) is 0.638. The van der Waals surface area contributed by atoms with Gasteiger partial charge >= 0.3 is 0 Å². The average Bonchev–Trinajstić information content (AvgIpc) is 2.62. The van der Waals surface area contributed by atoms with Crippen molar-refractivity contribution >= 4 is 0 Å². The van der Waals surface area contributed by atoms with E-state index in [4.69, 9.17) is 0 Å². The van der Waals surface area contributed by atoms with Crippen LogP contribution in [0.25, 0.3) is 0 Å². The predicted octanol–water partition coefficient (Wildman–Crippen LogP) is 1.51. The molecule has 0 bridgehead atoms. The summed E-state index contributed by atoms with van der Waals surface area (Å²) in [6.07, 6.45) is 5.95.